The van der Waals surface area contributed by atoms with E-state index in [0.717, 1.165) is 0 Å². The van der Waals surface area contributed by atoms with E-state index in [1.54, 1.807) is 0 Å². The Kier molecular flexibility index (Phi) is 7.24. The standard InChI is InChI=1S/C10H6F17O3P/c11-3(12,1-2-4(13,14)15)5(16,17)6(18,19)7(20,21)8(22,23)9(24,25)10(26,27)31(28,29)30/h1-2H2,(H2,28,29,30). The third-order valence-corrected chi connectivity index (χ3v) is 4.52. The number of rotatable bonds is 9. The lowest BCUT2D eigenvalue weighted by molar-refractivity contribution is -0.437. The van der Waals surface area contributed by atoms with E-state index in [1.807, 2.05) is 0 Å². The fourth-order valence-electron chi connectivity index (χ4n) is 1.65. The highest BCUT2D eigenvalue weighted by Crippen LogP contribution is 2.68. The molecule has 21 heteroatoms. The van der Waals surface area contributed by atoms with E-state index in [-0.39, 0.29) is 0 Å². The molecular weight excluding hydrogens is 522 g/mol. The van der Waals surface area contributed by atoms with Crippen molar-refractivity contribution in [2.75, 3.05) is 0 Å². The molecule has 0 aromatic rings. The van der Waals surface area contributed by atoms with Gasteiger partial charge in [-0.3, -0.25) is 4.57 Å². The summed E-state index contributed by atoms with van der Waals surface area (Å²) in [5.41, 5.74) is -7.63. The highest BCUT2D eigenvalue weighted by atomic mass is 31.2. The van der Waals surface area contributed by atoms with Gasteiger partial charge in [-0.1, -0.05) is 0 Å². The van der Waals surface area contributed by atoms with Gasteiger partial charge < -0.3 is 9.79 Å². The van der Waals surface area contributed by atoms with E-state index in [0.29, 0.717) is 0 Å². The van der Waals surface area contributed by atoms with Gasteiger partial charge in [0.1, 0.15) is 0 Å². The first kappa shape index (κ1) is 30.0. The van der Waals surface area contributed by atoms with Gasteiger partial charge >= 0.3 is 55.0 Å². The van der Waals surface area contributed by atoms with Gasteiger partial charge in [-0.15, -0.1) is 0 Å². The van der Waals surface area contributed by atoms with Crippen LogP contribution in [0, 0.1) is 0 Å². The molecule has 0 radical (unpaired) electrons. The molecular formula is C10H6F17O3P. The maximum absolute atomic E-state index is 13.3. The van der Waals surface area contributed by atoms with E-state index in [2.05, 4.69) is 0 Å². The maximum Gasteiger partial charge on any atom is 0.413 e. The average Bonchev–Trinajstić information content (AvgIpc) is 2.50. The molecule has 0 spiro atoms. The van der Waals surface area contributed by atoms with Crippen molar-refractivity contribution < 1.29 is 89.0 Å². The van der Waals surface area contributed by atoms with Gasteiger partial charge in [0.15, 0.2) is 0 Å². The van der Waals surface area contributed by atoms with Crippen molar-refractivity contribution >= 4 is 7.60 Å². The molecule has 0 amide bonds. The second-order valence-corrected chi connectivity index (χ2v) is 7.43. The topological polar surface area (TPSA) is 57.5 Å². The predicted octanol–water partition coefficient (Wildman–Crippen LogP) is 5.91. The van der Waals surface area contributed by atoms with Crippen molar-refractivity contribution in [3.05, 3.63) is 0 Å². The second-order valence-electron chi connectivity index (χ2n) is 5.78. The summed E-state index contributed by atoms with van der Waals surface area (Å²) in [5, 5.41) is 0. The summed E-state index contributed by atoms with van der Waals surface area (Å²) in [6.45, 7) is 0. The van der Waals surface area contributed by atoms with Crippen LogP contribution in [-0.2, 0) is 4.57 Å². The number of halogens is 17. The molecule has 2 N–H and O–H groups in total. The summed E-state index contributed by atoms with van der Waals surface area (Å²) in [5.74, 6) is -48.9. The fraction of sp³-hybridized carbons (Fsp3) is 1.00. The summed E-state index contributed by atoms with van der Waals surface area (Å²) in [6, 6.07) is 0. The van der Waals surface area contributed by atoms with Gasteiger partial charge in [0.2, 0.25) is 0 Å². The monoisotopic (exact) mass is 528 g/mol. The van der Waals surface area contributed by atoms with Gasteiger partial charge in [-0.05, 0) is 0 Å². The molecule has 0 fully saturated rings. The fourth-order valence-corrected chi connectivity index (χ4v) is 2.15. The third kappa shape index (κ3) is 4.43. The van der Waals surface area contributed by atoms with Crippen LogP contribution < -0.4 is 0 Å². The van der Waals surface area contributed by atoms with Gasteiger partial charge in [0, 0.05) is 12.8 Å². The van der Waals surface area contributed by atoms with Crippen molar-refractivity contribution in [3.8, 4) is 0 Å². The Bertz CT molecular complexity index is 705. The van der Waals surface area contributed by atoms with Crippen LogP contribution in [0.15, 0.2) is 0 Å². The molecule has 0 aliphatic rings. The normalized spacial score (nSPS) is 16.6. The van der Waals surface area contributed by atoms with Gasteiger partial charge in [-0.25, -0.2) is 0 Å². The average molecular weight is 528 g/mol. The molecule has 0 aliphatic heterocycles. The lowest BCUT2D eigenvalue weighted by atomic mass is 9.90. The highest BCUT2D eigenvalue weighted by molar-refractivity contribution is 7.53. The zero-order chi connectivity index (χ0) is 25.9. The molecule has 0 atom stereocenters. The quantitative estimate of drug-likeness (QED) is 0.289. The Morgan fingerprint density at radius 1 is 0.484 bits per heavy atom. The minimum Gasteiger partial charge on any atom is -0.320 e. The zero-order valence-electron chi connectivity index (χ0n) is 13.6. The molecule has 188 valence electrons. The van der Waals surface area contributed by atoms with Gasteiger partial charge in [0.05, 0.1) is 0 Å². The third-order valence-electron chi connectivity index (χ3n) is 3.50. The Labute approximate surface area is 158 Å². The lowest BCUT2D eigenvalue weighted by Crippen LogP contribution is -2.72. The molecule has 0 saturated carbocycles. The SMILES string of the molecule is O=P(O)(O)C(F)(F)C(F)(F)C(F)(F)C(F)(F)C(F)(F)C(F)(F)C(F)(F)CCC(F)(F)F. The minimum absolute atomic E-state index is 3.10. The van der Waals surface area contributed by atoms with Crippen LogP contribution >= 0.6 is 7.60 Å². The summed E-state index contributed by atoms with van der Waals surface area (Å²) in [6.07, 6.45) is -12.4. The van der Waals surface area contributed by atoms with E-state index >= 15 is 0 Å². The largest absolute Gasteiger partial charge is 0.413 e. The van der Waals surface area contributed by atoms with Crippen LogP contribution in [0.25, 0.3) is 0 Å². The van der Waals surface area contributed by atoms with Crippen LogP contribution in [0.2, 0.25) is 0 Å². The van der Waals surface area contributed by atoms with Crippen LogP contribution in [0.1, 0.15) is 12.8 Å². The Morgan fingerprint density at radius 2 is 0.774 bits per heavy atom. The smallest absolute Gasteiger partial charge is 0.320 e. The van der Waals surface area contributed by atoms with Crippen LogP contribution in [0.3, 0.4) is 0 Å². The van der Waals surface area contributed by atoms with Crippen molar-refractivity contribution in [2.45, 2.75) is 60.2 Å². The van der Waals surface area contributed by atoms with Crippen molar-refractivity contribution in [2.24, 2.45) is 0 Å². The highest BCUT2D eigenvalue weighted by Gasteiger charge is 2.94. The molecule has 0 aromatic heterocycles. The molecule has 0 aliphatic carbocycles. The van der Waals surface area contributed by atoms with E-state index in [4.69, 9.17) is 9.79 Å². The molecule has 0 heterocycles. The summed E-state index contributed by atoms with van der Waals surface area (Å²) in [4.78, 5) is 15.8. The summed E-state index contributed by atoms with van der Waals surface area (Å²) < 4.78 is 230. The molecule has 0 rings (SSSR count). The molecule has 31 heavy (non-hydrogen) atoms. The predicted molar refractivity (Wildman–Crippen MR) is 62.0 cm³/mol. The molecule has 0 bridgehead atoms. The Morgan fingerprint density at radius 3 is 1.06 bits per heavy atom. The van der Waals surface area contributed by atoms with Crippen molar-refractivity contribution in [3.63, 3.8) is 0 Å². The number of alkyl halides is 17. The van der Waals surface area contributed by atoms with E-state index in [1.165, 1.54) is 0 Å². The van der Waals surface area contributed by atoms with E-state index in [9.17, 15) is 79.2 Å². The number of hydrogen-bond donors (Lipinski definition) is 2. The molecule has 0 saturated heterocycles. The van der Waals surface area contributed by atoms with Gasteiger partial charge in [-0.2, -0.15) is 74.6 Å². The molecule has 0 unspecified atom stereocenters. The first-order chi connectivity index (χ1) is 13.0. The summed E-state index contributed by atoms with van der Waals surface area (Å²) in [7, 11) is -7.91. The second kappa shape index (κ2) is 7.50. The zero-order valence-corrected chi connectivity index (χ0v) is 14.5. The van der Waals surface area contributed by atoms with Crippen molar-refractivity contribution in [1.82, 2.24) is 0 Å². The maximum atomic E-state index is 13.3. The van der Waals surface area contributed by atoms with Crippen LogP contribution in [0.5, 0.6) is 0 Å². The molecule has 0 aromatic carbocycles. The van der Waals surface area contributed by atoms with Gasteiger partial charge in [0.25, 0.3) is 0 Å². The van der Waals surface area contributed by atoms with Crippen LogP contribution in [-0.4, -0.2) is 57.2 Å². The molecule has 3 nitrogen and oxygen atoms in total. The minimum atomic E-state index is -8.63. The first-order valence-corrected chi connectivity index (χ1v) is 8.34. The van der Waals surface area contributed by atoms with Crippen molar-refractivity contribution in [1.29, 1.82) is 0 Å². The Balaban J connectivity index is 6.59. The Hall–Kier alpha value is -1.04. The first-order valence-electron chi connectivity index (χ1n) is 6.73. The lowest BCUT2D eigenvalue weighted by Gasteiger charge is -2.42. The number of hydrogen-bond acceptors (Lipinski definition) is 1. The summed E-state index contributed by atoms with van der Waals surface area (Å²) >= 11 is 0. The van der Waals surface area contributed by atoms with Crippen LogP contribution in [0.4, 0.5) is 74.6 Å². The van der Waals surface area contributed by atoms with E-state index < -0.39 is 67.8 Å².